The molecule has 2 atom stereocenters. The molecule has 6 heteroatoms. The largest absolute Gasteiger partial charge is 0.481 e. The SMILES string of the molecule is O=C(O)[C@H]1C[C@H]1C(=O)NCc1ccncn1. The van der Waals surface area contributed by atoms with Crippen LogP contribution in [0.4, 0.5) is 0 Å². The fourth-order valence-corrected chi connectivity index (χ4v) is 1.49. The molecule has 1 aliphatic rings. The maximum Gasteiger partial charge on any atom is 0.307 e. The van der Waals surface area contributed by atoms with Crippen LogP contribution in [0, 0.1) is 11.8 Å². The zero-order valence-electron chi connectivity index (χ0n) is 8.46. The van der Waals surface area contributed by atoms with Crippen molar-refractivity contribution in [2.75, 3.05) is 0 Å². The second kappa shape index (κ2) is 4.26. The quantitative estimate of drug-likeness (QED) is 0.735. The van der Waals surface area contributed by atoms with Crippen LogP contribution in [0.2, 0.25) is 0 Å². The first-order valence-corrected chi connectivity index (χ1v) is 4.94. The minimum absolute atomic E-state index is 0.217. The maximum atomic E-state index is 11.5. The average molecular weight is 221 g/mol. The summed E-state index contributed by atoms with van der Waals surface area (Å²) >= 11 is 0. The standard InChI is InChI=1S/C10H11N3O3/c14-9(7-3-8(7)10(15)16)12-4-6-1-2-11-5-13-6/h1-2,5,7-8H,3-4H2,(H,12,14)(H,15,16)/t7-,8+/m1/s1. The van der Waals surface area contributed by atoms with Gasteiger partial charge in [-0.2, -0.15) is 0 Å². The fraction of sp³-hybridized carbons (Fsp3) is 0.400. The van der Waals surface area contributed by atoms with Crippen LogP contribution in [-0.2, 0) is 16.1 Å². The van der Waals surface area contributed by atoms with Crippen molar-refractivity contribution in [3.63, 3.8) is 0 Å². The van der Waals surface area contributed by atoms with Gasteiger partial charge in [-0.1, -0.05) is 0 Å². The topological polar surface area (TPSA) is 92.2 Å². The Morgan fingerprint density at radius 2 is 2.31 bits per heavy atom. The summed E-state index contributed by atoms with van der Waals surface area (Å²) in [7, 11) is 0. The second-order valence-electron chi connectivity index (χ2n) is 3.71. The number of carboxylic acids is 1. The number of hydrogen-bond donors (Lipinski definition) is 2. The van der Waals surface area contributed by atoms with Crippen molar-refractivity contribution in [2.45, 2.75) is 13.0 Å². The molecule has 0 aromatic carbocycles. The molecule has 1 saturated carbocycles. The van der Waals surface area contributed by atoms with E-state index < -0.39 is 11.9 Å². The number of nitrogens with zero attached hydrogens (tertiary/aromatic N) is 2. The Morgan fingerprint density at radius 1 is 1.50 bits per heavy atom. The Bertz CT molecular complexity index is 407. The number of aliphatic carboxylic acids is 1. The van der Waals surface area contributed by atoms with Crippen LogP contribution in [0.5, 0.6) is 0 Å². The van der Waals surface area contributed by atoms with E-state index in [-0.39, 0.29) is 11.8 Å². The number of rotatable bonds is 4. The van der Waals surface area contributed by atoms with Gasteiger partial charge in [0, 0.05) is 6.20 Å². The van der Waals surface area contributed by atoms with Crippen molar-refractivity contribution < 1.29 is 14.7 Å². The Kier molecular flexibility index (Phi) is 2.80. The first-order chi connectivity index (χ1) is 7.68. The van der Waals surface area contributed by atoms with Gasteiger partial charge in [0.05, 0.1) is 24.1 Å². The lowest BCUT2D eigenvalue weighted by Crippen LogP contribution is -2.26. The Morgan fingerprint density at radius 3 is 2.88 bits per heavy atom. The van der Waals surface area contributed by atoms with Gasteiger partial charge in [0.1, 0.15) is 6.33 Å². The molecule has 0 saturated heterocycles. The van der Waals surface area contributed by atoms with Crippen LogP contribution in [0.15, 0.2) is 18.6 Å². The van der Waals surface area contributed by atoms with E-state index in [0.29, 0.717) is 18.7 Å². The van der Waals surface area contributed by atoms with E-state index in [0.717, 1.165) is 0 Å². The van der Waals surface area contributed by atoms with Gasteiger partial charge in [0.15, 0.2) is 0 Å². The van der Waals surface area contributed by atoms with Crippen molar-refractivity contribution in [1.29, 1.82) is 0 Å². The van der Waals surface area contributed by atoms with Gasteiger partial charge in [0.25, 0.3) is 0 Å². The third kappa shape index (κ3) is 2.33. The number of carbonyl (C=O) groups is 2. The van der Waals surface area contributed by atoms with Crippen LogP contribution in [-0.4, -0.2) is 27.0 Å². The first-order valence-electron chi connectivity index (χ1n) is 4.94. The van der Waals surface area contributed by atoms with Gasteiger partial charge in [-0.3, -0.25) is 9.59 Å². The van der Waals surface area contributed by atoms with Crippen LogP contribution < -0.4 is 5.32 Å². The summed E-state index contributed by atoms with van der Waals surface area (Å²) in [5.74, 6) is -2.00. The highest BCUT2D eigenvalue weighted by molar-refractivity contribution is 5.89. The molecule has 0 bridgehead atoms. The minimum atomic E-state index is -0.901. The average Bonchev–Trinajstić information content (AvgIpc) is 3.07. The van der Waals surface area contributed by atoms with Gasteiger partial charge in [-0.05, 0) is 12.5 Å². The van der Waals surface area contributed by atoms with Crippen molar-refractivity contribution in [3.05, 3.63) is 24.3 Å². The Balaban J connectivity index is 1.80. The maximum absolute atomic E-state index is 11.5. The molecular formula is C10H11N3O3. The van der Waals surface area contributed by atoms with Crippen molar-refractivity contribution in [3.8, 4) is 0 Å². The lowest BCUT2D eigenvalue weighted by molar-refractivity contribution is -0.140. The number of amides is 1. The van der Waals surface area contributed by atoms with E-state index >= 15 is 0 Å². The molecule has 0 unspecified atom stereocenters. The zero-order valence-corrected chi connectivity index (χ0v) is 8.46. The van der Waals surface area contributed by atoms with Crippen molar-refractivity contribution in [1.82, 2.24) is 15.3 Å². The highest BCUT2D eigenvalue weighted by atomic mass is 16.4. The molecule has 1 fully saturated rings. The van der Waals surface area contributed by atoms with Gasteiger partial charge < -0.3 is 10.4 Å². The molecule has 6 nitrogen and oxygen atoms in total. The van der Waals surface area contributed by atoms with Gasteiger partial charge in [-0.15, -0.1) is 0 Å². The van der Waals surface area contributed by atoms with Crippen LogP contribution in [0.3, 0.4) is 0 Å². The predicted octanol–water partition coefficient (Wildman–Crippen LogP) is -0.187. The normalized spacial score (nSPS) is 22.5. The molecule has 1 aliphatic carbocycles. The lowest BCUT2D eigenvalue weighted by atomic mass is 10.3. The Labute approximate surface area is 91.7 Å². The molecule has 84 valence electrons. The van der Waals surface area contributed by atoms with E-state index in [1.807, 2.05) is 0 Å². The van der Waals surface area contributed by atoms with Crippen molar-refractivity contribution in [2.24, 2.45) is 11.8 Å². The zero-order chi connectivity index (χ0) is 11.5. The number of nitrogens with one attached hydrogen (secondary N) is 1. The molecule has 2 N–H and O–H groups in total. The van der Waals surface area contributed by atoms with E-state index in [9.17, 15) is 9.59 Å². The highest BCUT2D eigenvalue weighted by Crippen LogP contribution is 2.38. The molecule has 0 radical (unpaired) electrons. The van der Waals surface area contributed by atoms with Crippen LogP contribution in [0.1, 0.15) is 12.1 Å². The first kappa shape index (κ1) is 10.5. The monoisotopic (exact) mass is 221 g/mol. The molecule has 1 heterocycles. The summed E-state index contributed by atoms with van der Waals surface area (Å²) in [6.45, 7) is 0.310. The molecule has 16 heavy (non-hydrogen) atoms. The molecule has 0 aliphatic heterocycles. The summed E-state index contributed by atoms with van der Waals surface area (Å²) in [5, 5.41) is 11.3. The number of carboxylic acid groups (broad SMARTS) is 1. The summed E-state index contributed by atoms with van der Waals surface area (Å²) in [6.07, 6.45) is 3.43. The van der Waals surface area contributed by atoms with E-state index in [1.54, 1.807) is 12.3 Å². The molecular weight excluding hydrogens is 210 g/mol. The predicted molar refractivity (Wildman–Crippen MR) is 53.1 cm³/mol. The number of hydrogen-bond acceptors (Lipinski definition) is 4. The molecule has 1 aromatic rings. The Hall–Kier alpha value is -1.98. The summed E-state index contributed by atoms with van der Waals surface area (Å²) < 4.78 is 0. The van der Waals surface area contributed by atoms with E-state index in [2.05, 4.69) is 15.3 Å². The summed E-state index contributed by atoms with van der Waals surface area (Å²) in [4.78, 5) is 29.7. The van der Waals surface area contributed by atoms with Gasteiger partial charge in [0.2, 0.25) is 5.91 Å². The van der Waals surface area contributed by atoms with Gasteiger partial charge in [-0.25, -0.2) is 9.97 Å². The summed E-state index contributed by atoms with van der Waals surface area (Å²) in [6, 6.07) is 1.70. The molecule has 2 rings (SSSR count). The third-order valence-corrected chi connectivity index (χ3v) is 2.53. The summed E-state index contributed by atoms with van der Waals surface area (Å²) in [5.41, 5.74) is 0.705. The smallest absolute Gasteiger partial charge is 0.307 e. The minimum Gasteiger partial charge on any atom is -0.481 e. The molecule has 1 aromatic heterocycles. The van der Waals surface area contributed by atoms with E-state index in [4.69, 9.17) is 5.11 Å². The fourth-order valence-electron chi connectivity index (χ4n) is 1.49. The third-order valence-electron chi connectivity index (χ3n) is 2.53. The van der Waals surface area contributed by atoms with E-state index in [1.165, 1.54) is 6.33 Å². The van der Waals surface area contributed by atoms with Gasteiger partial charge >= 0.3 is 5.97 Å². The highest BCUT2D eigenvalue weighted by Gasteiger charge is 2.48. The number of aromatic nitrogens is 2. The number of carbonyl (C=O) groups excluding carboxylic acids is 1. The van der Waals surface area contributed by atoms with Crippen molar-refractivity contribution >= 4 is 11.9 Å². The molecule has 1 amide bonds. The van der Waals surface area contributed by atoms with Crippen LogP contribution >= 0.6 is 0 Å². The second-order valence-corrected chi connectivity index (χ2v) is 3.71. The van der Waals surface area contributed by atoms with Crippen LogP contribution in [0.25, 0.3) is 0 Å². The lowest BCUT2D eigenvalue weighted by Gasteiger charge is -2.02. The molecule has 0 spiro atoms.